The lowest BCUT2D eigenvalue weighted by molar-refractivity contribution is -0.137. The van der Waals surface area contributed by atoms with E-state index in [2.05, 4.69) is 26.6 Å². The fraction of sp³-hybridized carbons (Fsp3) is 0.250. The minimum absolute atomic E-state index is 0.00830. The fourth-order valence-corrected chi connectivity index (χ4v) is 10.6. The first-order valence-electron chi connectivity index (χ1n) is 26.3. The van der Waals surface area contributed by atoms with Gasteiger partial charge in [0, 0.05) is 72.1 Å². The molecule has 0 saturated heterocycles. The van der Waals surface area contributed by atoms with Crippen LogP contribution in [-0.4, -0.2) is 70.2 Å². The number of carbonyl (C=O) groups excluding carboxylic acids is 6. The van der Waals surface area contributed by atoms with Crippen LogP contribution in [0.2, 0.25) is 10.0 Å². The minimum atomic E-state index is -1.02. The highest BCUT2D eigenvalue weighted by Crippen LogP contribution is 2.35. The second kappa shape index (κ2) is 28.9. The summed E-state index contributed by atoms with van der Waals surface area (Å²) in [6.07, 6.45) is 14.4. The monoisotopic (exact) mass is 1160 g/mol. The molecule has 2 aliphatic rings. The second-order valence-electron chi connectivity index (χ2n) is 19.5. The Balaban J connectivity index is 0.000000229. The number of aliphatic carboxylic acids is 2. The van der Waals surface area contributed by atoms with E-state index in [0.29, 0.717) is 55.3 Å². The highest BCUT2D eigenvalue weighted by molar-refractivity contribution is 9.10. The molecule has 4 N–H and O–H groups in total. The average Bonchev–Trinajstić information content (AvgIpc) is 3.48. The van der Waals surface area contributed by atoms with E-state index in [4.69, 9.17) is 33.4 Å². The van der Waals surface area contributed by atoms with Crippen LogP contribution in [0.5, 0.6) is 0 Å². The number of allylic oxidation sites excluding steroid dienone is 4. The van der Waals surface area contributed by atoms with Crippen molar-refractivity contribution >= 4 is 97.2 Å². The third kappa shape index (κ3) is 17.2. The van der Waals surface area contributed by atoms with Gasteiger partial charge in [-0.3, -0.25) is 38.4 Å². The zero-order valence-corrected chi connectivity index (χ0v) is 46.4. The molecule has 0 aliphatic heterocycles. The minimum Gasteiger partial charge on any atom is -0.481 e. The summed E-state index contributed by atoms with van der Waals surface area (Å²) in [5.74, 6) is -3.22. The van der Waals surface area contributed by atoms with Crippen LogP contribution in [0.25, 0.3) is 11.1 Å². The quantitative estimate of drug-likeness (QED) is 0.0421. The van der Waals surface area contributed by atoms with Gasteiger partial charge in [-0.1, -0.05) is 163 Å². The maximum Gasteiger partial charge on any atom is 0.305 e. The number of carboxylic acids is 2. The number of halogens is 3. The van der Waals surface area contributed by atoms with E-state index in [-0.39, 0.29) is 65.6 Å². The number of hydrogen-bond acceptors (Lipinski definition) is 8. The summed E-state index contributed by atoms with van der Waals surface area (Å²) in [6, 6.07) is 39.2. The highest BCUT2D eigenvalue weighted by Gasteiger charge is 2.23. The van der Waals surface area contributed by atoms with Gasteiger partial charge in [-0.2, -0.15) is 0 Å². The number of carbonyl (C=O) groups is 8. The van der Waals surface area contributed by atoms with Crippen LogP contribution in [0, 0.1) is 0 Å². The number of ketones is 4. The number of benzene rings is 6. The SMILES string of the molecule is O=C(O)CCNC(=O)c1ccc(C(=O)/C(=C\C(=O)c2ccc(C3CCCCC3)cc2)c2cc(Cl)cc(Cl)c2)cc1.O=C(O)CCNC(=O)c1ccc(C(=O)/C(=C\C(=O)c2ccc(C3CCCCC3)cc2)c2cccc(Br)c2)cc1. The van der Waals surface area contributed by atoms with Gasteiger partial charge in [0.25, 0.3) is 11.8 Å². The molecule has 0 heterocycles. The van der Waals surface area contributed by atoms with Gasteiger partial charge >= 0.3 is 11.9 Å². The topological polar surface area (TPSA) is 201 Å². The van der Waals surface area contributed by atoms with Crippen molar-refractivity contribution in [2.24, 2.45) is 0 Å². The zero-order chi connectivity index (χ0) is 56.4. The molecule has 2 aliphatic carbocycles. The highest BCUT2D eigenvalue weighted by atomic mass is 79.9. The number of carboxylic acid groups (broad SMARTS) is 2. The molecule has 0 unspecified atom stereocenters. The van der Waals surface area contributed by atoms with Gasteiger partial charge in [0.05, 0.1) is 12.8 Å². The largest absolute Gasteiger partial charge is 0.481 e. The smallest absolute Gasteiger partial charge is 0.305 e. The molecule has 6 aromatic rings. The molecule has 6 aromatic carbocycles. The van der Waals surface area contributed by atoms with E-state index < -0.39 is 29.5 Å². The molecule has 0 bridgehead atoms. The Morgan fingerprint density at radius 2 is 0.810 bits per heavy atom. The number of hydrogen-bond donors (Lipinski definition) is 4. The summed E-state index contributed by atoms with van der Waals surface area (Å²) in [6.45, 7) is -0.00459. The van der Waals surface area contributed by atoms with E-state index >= 15 is 0 Å². The molecule has 0 radical (unpaired) electrons. The molecule has 2 fully saturated rings. The van der Waals surface area contributed by atoms with Gasteiger partial charge in [-0.25, -0.2) is 0 Å². The molecule has 0 aromatic heterocycles. The first-order valence-corrected chi connectivity index (χ1v) is 27.8. The third-order valence-electron chi connectivity index (χ3n) is 14.0. The zero-order valence-electron chi connectivity index (χ0n) is 43.3. The van der Waals surface area contributed by atoms with Crippen molar-refractivity contribution in [2.45, 2.75) is 88.9 Å². The summed E-state index contributed by atoms with van der Waals surface area (Å²) in [5.41, 5.74) is 5.97. The van der Waals surface area contributed by atoms with Gasteiger partial charge in [-0.05, 0) is 127 Å². The number of Topliss-reactive ketones (excluding diaryl/α,β-unsaturated/α-hetero) is 2. The summed E-state index contributed by atoms with van der Waals surface area (Å²) in [7, 11) is 0. The first-order chi connectivity index (χ1) is 38.0. The maximum absolute atomic E-state index is 13.7. The molecule has 79 heavy (non-hydrogen) atoms. The lowest BCUT2D eigenvalue weighted by Crippen LogP contribution is -2.26. The van der Waals surface area contributed by atoms with Crippen molar-refractivity contribution in [1.82, 2.24) is 10.6 Å². The van der Waals surface area contributed by atoms with Gasteiger partial charge < -0.3 is 20.8 Å². The second-order valence-corrected chi connectivity index (χ2v) is 21.3. The van der Waals surface area contributed by atoms with Crippen molar-refractivity contribution in [2.75, 3.05) is 13.1 Å². The first kappa shape index (κ1) is 59.1. The molecule has 2 saturated carbocycles. The van der Waals surface area contributed by atoms with Gasteiger partial charge in [0.15, 0.2) is 23.1 Å². The molecule has 2 amide bonds. The van der Waals surface area contributed by atoms with Crippen LogP contribution in [-0.2, 0) is 9.59 Å². The maximum atomic E-state index is 13.7. The Morgan fingerprint density at radius 3 is 1.19 bits per heavy atom. The fourth-order valence-electron chi connectivity index (χ4n) is 9.69. The van der Waals surface area contributed by atoms with Crippen LogP contribution in [0.4, 0.5) is 0 Å². The van der Waals surface area contributed by atoms with Crippen LogP contribution in [0.1, 0.15) is 173 Å². The molecule has 0 spiro atoms. The van der Waals surface area contributed by atoms with Crippen molar-refractivity contribution in [3.63, 3.8) is 0 Å². The van der Waals surface area contributed by atoms with E-state index in [1.807, 2.05) is 42.5 Å². The van der Waals surface area contributed by atoms with Crippen LogP contribution in [0.3, 0.4) is 0 Å². The van der Waals surface area contributed by atoms with Crippen LogP contribution >= 0.6 is 39.1 Å². The summed E-state index contributed by atoms with van der Waals surface area (Å²) >= 11 is 15.9. The van der Waals surface area contributed by atoms with Gasteiger partial charge in [0.2, 0.25) is 0 Å². The Morgan fingerprint density at radius 1 is 0.443 bits per heavy atom. The standard InChI is InChI=1S/C32H30BrNO5.C32H29Cl2NO5/c33-27-8-4-7-26(19-27)28(20-29(35)23-11-9-22(10-12-23)21-5-2-1-3-6-21)31(38)24-13-15-25(16-14-24)32(39)34-18-17-30(36)37;33-26-16-25(17-27(34)18-26)28(19-29(36)22-8-6-21(7-9-22)20-4-2-1-3-5-20)31(39)23-10-12-24(13-11-23)32(40)35-15-14-30(37)38/h4,7-16,19-21H,1-3,5-6,17-18H2,(H,34,39)(H,36,37);6-13,16-20H,1-5,14-15H2,(H,35,40)(H,37,38)/b28-20-;28-19-. The predicted molar refractivity (Wildman–Crippen MR) is 310 cm³/mol. The van der Waals surface area contributed by atoms with Crippen molar-refractivity contribution in [3.8, 4) is 0 Å². The Labute approximate surface area is 477 Å². The average molecular weight is 1170 g/mol. The lowest BCUT2D eigenvalue weighted by atomic mass is 9.84. The summed E-state index contributed by atoms with van der Waals surface area (Å²) < 4.78 is 0.774. The third-order valence-corrected chi connectivity index (χ3v) is 14.9. The summed E-state index contributed by atoms with van der Waals surface area (Å²) in [5, 5.41) is 23.2. The van der Waals surface area contributed by atoms with Gasteiger partial charge in [-0.15, -0.1) is 0 Å². The number of nitrogens with one attached hydrogen (secondary N) is 2. The Bertz CT molecular complexity index is 3250. The van der Waals surface area contributed by atoms with Crippen molar-refractivity contribution in [1.29, 1.82) is 0 Å². The van der Waals surface area contributed by atoms with E-state index in [1.165, 1.54) is 129 Å². The van der Waals surface area contributed by atoms with Crippen LogP contribution in [0.15, 0.2) is 156 Å². The van der Waals surface area contributed by atoms with Crippen LogP contribution < -0.4 is 10.6 Å². The van der Waals surface area contributed by atoms with Crippen molar-refractivity contribution < 1.29 is 48.6 Å². The molecule has 406 valence electrons. The molecule has 15 heteroatoms. The normalized spacial score (nSPS) is 14.0. The molecular weight excluding hydrogens is 1110 g/mol. The Hall–Kier alpha value is -7.58. The van der Waals surface area contributed by atoms with E-state index in [1.54, 1.807) is 42.5 Å². The van der Waals surface area contributed by atoms with E-state index in [0.717, 1.165) is 17.3 Å². The number of rotatable bonds is 20. The molecule has 0 atom stereocenters. The van der Waals surface area contributed by atoms with Gasteiger partial charge in [0.1, 0.15) is 0 Å². The molecular formula is C64H59BrCl2N2O10. The number of amides is 2. The summed E-state index contributed by atoms with van der Waals surface area (Å²) in [4.78, 5) is 99.8. The molecule has 8 rings (SSSR count). The lowest BCUT2D eigenvalue weighted by Gasteiger charge is -2.22. The van der Waals surface area contributed by atoms with Crippen molar-refractivity contribution in [3.05, 3.63) is 222 Å². The Kier molecular flexibility index (Phi) is 21.6. The predicted octanol–water partition coefficient (Wildman–Crippen LogP) is 14.2. The molecule has 12 nitrogen and oxygen atoms in total. The van der Waals surface area contributed by atoms with E-state index in [9.17, 15) is 38.4 Å².